The number of benzene rings is 3. The lowest BCUT2D eigenvalue weighted by atomic mass is 10.1. The van der Waals surface area contributed by atoms with Crippen molar-refractivity contribution in [1.29, 1.82) is 0 Å². The van der Waals surface area contributed by atoms with Gasteiger partial charge in [0, 0.05) is 33.8 Å². The van der Waals surface area contributed by atoms with Crippen molar-refractivity contribution in [1.82, 2.24) is 15.0 Å². The van der Waals surface area contributed by atoms with E-state index < -0.39 is 0 Å². The Bertz CT molecular complexity index is 1430. The second-order valence-corrected chi connectivity index (χ2v) is 7.13. The Morgan fingerprint density at radius 1 is 1.03 bits per heavy atom. The van der Waals surface area contributed by atoms with Gasteiger partial charge in [0.2, 0.25) is 5.78 Å². The molecule has 0 spiro atoms. The van der Waals surface area contributed by atoms with E-state index in [0.29, 0.717) is 34.1 Å². The fraction of sp³-hybridized carbons (Fsp3) is 0. The van der Waals surface area contributed by atoms with E-state index in [4.69, 9.17) is 9.94 Å². The molecule has 0 aliphatic heterocycles. The number of rotatable bonds is 6. The van der Waals surface area contributed by atoms with E-state index in [-0.39, 0.29) is 5.78 Å². The van der Waals surface area contributed by atoms with E-state index in [2.05, 4.69) is 20.1 Å². The summed E-state index contributed by atoms with van der Waals surface area (Å²) in [6.07, 6.45) is 4.70. The van der Waals surface area contributed by atoms with Crippen LogP contribution in [0.1, 0.15) is 21.6 Å². The van der Waals surface area contributed by atoms with Crippen LogP contribution in [0.25, 0.3) is 22.3 Å². The van der Waals surface area contributed by atoms with Crippen LogP contribution in [0.15, 0.2) is 90.3 Å². The first-order valence-corrected chi connectivity index (χ1v) is 9.93. The molecule has 5 rings (SSSR count). The number of ether oxygens (including phenoxy) is 1. The Kier molecular flexibility index (Phi) is 4.97. The molecule has 32 heavy (non-hydrogen) atoms. The summed E-state index contributed by atoms with van der Waals surface area (Å²) in [6.45, 7) is 0. The summed E-state index contributed by atoms with van der Waals surface area (Å²) in [6, 6.07) is 22.0. The quantitative estimate of drug-likeness (QED) is 0.148. The molecule has 0 amide bonds. The maximum Gasteiger partial charge on any atom is 0.210 e. The number of nitrogens with zero attached hydrogens (tertiary/aromatic N) is 2. The van der Waals surface area contributed by atoms with Crippen molar-refractivity contribution >= 4 is 22.9 Å². The first kappa shape index (κ1) is 19.3. The van der Waals surface area contributed by atoms with Crippen LogP contribution in [-0.2, 0) is 0 Å². The highest BCUT2D eigenvalue weighted by Crippen LogP contribution is 2.31. The second kappa shape index (κ2) is 8.23. The molecule has 3 N–H and O–H groups in total. The van der Waals surface area contributed by atoms with Gasteiger partial charge in [-0.25, -0.2) is 4.98 Å². The van der Waals surface area contributed by atoms with Crippen molar-refractivity contribution in [2.75, 3.05) is 0 Å². The fourth-order valence-corrected chi connectivity index (χ4v) is 3.58. The van der Waals surface area contributed by atoms with Crippen molar-refractivity contribution in [2.24, 2.45) is 5.16 Å². The van der Waals surface area contributed by atoms with Gasteiger partial charge in [-0.05, 0) is 30.3 Å². The maximum atomic E-state index is 12.7. The number of fused-ring (bicyclic) bond motifs is 1. The number of imidazole rings is 1. The van der Waals surface area contributed by atoms with Gasteiger partial charge in [0.15, 0.2) is 0 Å². The standard InChI is InChI=1S/C25H18N4O3/c30-24(16-5-2-1-3-6-16)22-15-27-25(29-22)17-7-4-8-18(13-17)32-23-10-9-21-19(11-12-26-21)20(23)14-28-31/h1-15,26,31H,(H,27,29). The minimum absolute atomic E-state index is 0.121. The Hall–Kier alpha value is -4.65. The zero-order chi connectivity index (χ0) is 21.9. The maximum absolute atomic E-state index is 12.7. The molecule has 0 unspecified atom stereocenters. The van der Waals surface area contributed by atoms with Crippen molar-refractivity contribution in [3.05, 3.63) is 102 Å². The van der Waals surface area contributed by atoms with Crippen molar-refractivity contribution in [3.63, 3.8) is 0 Å². The van der Waals surface area contributed by atoms with E-state index in [0.717, 1.165) is 16.5 Å². The Labute approximate surface area is 183 Å². The second-order valence-electron chi connectivity index (χ2n) is 7.13. The molecule has 2 heterocycles. The molecule has 3 aromatic carbocycles. The summed E-state index contributed by atoms with van der Waals surface area (Å²) in [7, 11) is 0. The van der Waals surface area contributed by atoms with Gasteiger partial charge in [0.05, 0.1) is 12.4 Å². The minimum atomic E-state index is -0.121. The summed E-state index contributed by atoms with van der Waals surface area (Å²) in [5.41, 5.74) is 3.35. The molecule has 0 fully saturated rings. The van der Waals surface area contributed by atoms with Gasteiger partial charge < -0.3 is 19.9 Å². The normalized spacial score (nSPS) is 11.2. The first-order valence-electron chi connectivity index (χ1n) is 9.93. The van der Waals surface area contributed by atoms with Crippen LogP contribution in [0.3, 0.4) is 0 Å². The molecule has 7 heteroatoms. The first-order chi connectivity index (χ1) is 15.7. The highest BCUT2D eigenvalue weighted by molar-refractivity contribution is 6.07. The van der Waals surface area contributed by atoms with Gasteiger partial charge in [-0.3, -0.25) is 4.79 Å². The number of nitrogens with one attached hydrogen (secondary N) is 2. The fourth-order valence-electron chi connectivity index (χ4n) is 3.58. The average molecular weight is 422 g/mol. The molecular formula is C25H18N4O3. The number of carbonyl (C=O) groups excluding carboxylic acids is 1. The number of aromatic nitrogens is 3. The Morgan fingerprint density at radius 2 is 1.91 bits per heavy atom. The number of carbonyl (C=O) groups is 1. The zero-order valence-electron chi connectivity index (χ0n) is 16.8. The molecule has 0 radical (unpaired) electrons. The largest absolute Gasteiger partial charge is 0.457 e. The summed E-state index contributed by atoms with van der Waals surface area (Å²) < 4.78 is 6.10. The number of hydrogen-bond donors (Lipinski definition) is 3. The summed E-state index contributed by atoms with van der Waals surface area (Å²) in [5, 5.41) is 13.2. The van der Waals surface area contributed by atoms with Crippen LogP contribution in [0.5, 0.6) is 11.5 Å². The molecule has 156 valence electrons. The Balaban J connectivity index is 1.44. The van der Waals surface area contributed by atoms with Crippen LogP contribution in [0, 0.1) is 0 Å². The molecule has 0 atom stereocenters. The summed E-state index contributed by atoms with van der Waals surface area (Å²) >= 11 is 0. The molecule has 7 nitrogen and oxygen atoms in total. The van der Waals surface area contributed by atoms with Crippen LogP contribution >= 0.6 is 0 Å². The van der Waals surface area contributed by atoms with Crippen molar-refractivity contribution < 1.29 is 14.7 Å². The number of hydrogen-bond acceptors (Lipinski definition) is 5. The lowest BCUT2D eigenvalue weighted by molar-refractivity contribution is 0.103. The molecule has 0 saturated carbocycles. The third kappa shape index (κ3) is 3.63. The highest BCUT2D eigenvalue weighted by Gasteiger charge is 2.14. The van der Waals surface area contributed by atoms with Crippen molar-refractivity contribution in [3.8, 4) is 22.9 Å². The molecule has 2 aromatic heterocycles. The lowest BCUT2D eigenvalue weighted by Crippen LogP contribution is -2.01. The number of ketones is 1. The average Bonchev–Trinajstić information content (AvgIpc) is 3.51. The molecular weight excluding hydrogens is 404 g/mol. The molecule has 0 saturated heterocycles. The van der Waals surface area contributed by atoms with Gasteiger partial charge >= 0.3 is 0 Å². The topological polar surface area (TPSA) is 103 Å². The molecule has 0 aliphatic carbocycles. The van der Waals surface area contributed by atoms with Gasteiger partial charge in [0.25, 0.3) is 0 Å². The van der Waals surface area contributed by atoms with Crippen LogP contribution in [0.4, 0.5) is 0 Å². The van der Waals surface area contributed by atoms with Crippen LogP contribution < -0.4 is 4.74 Å². The summed E-state index contributed by atoms with van der Waals surface area (Å²) in [5.74, 6) is 1.57. The molecule has 0 bridgehead atoms. The Morgan fingerprint density at radius 3 is 2.75 bits per heavy atom. The predicted molar refractivity (Wildman–Crippen MR) is 122 cm³/mol. The zero-order valence-corrected chi connectivity index (χ0v) is 16.8. The third-order valence-corrected chi connectivity index (χ3v) is 5.11. The van der Waals surface area contributed by atoms with Gasteiger partial charge in [0.1, 0.15) is 23.0 Å². The number of aromatic amines is 2. The van der Waals surface area contributed by atoms with E-state index in [1.807, 2.05) is 66.9 Å². The van der Waals surface area contributed by atoms with E-state index in [1.165, 1.54) is 12.4 Å². The summed E-state index contributed by atoms with van der Waals surface area (Å²) in [4.78, 5) is 23.2. The number of oxime groups is 1. The van der Waals surface area contributed by atoms with E-state index in [9.17, 15) is 4.79 Å². The van der Waals surface area contributed by atoms with Crippen molar-refractivity contribution in [2.45, 2.75) is 0 Å². The van der Waals surface area contributed by atoms with Gasteiger partial charge in [-0.2, -0.15) is 0 Å². The van der Waals surface area contributed by atoms with Gasteiger partial charge in [-0.1, -0.05) is 47.6 Å². The van der Waals surface area contributed by atoms with Crippen LogP contribution in [0.2, 0.25) is 0 Å². The molecule has 0 aliphatic rings. The van der Waals surface area contributed by atoms with E-state index in [1.54, 1.807) is 12.1 Å². The third-order valence-electron chi connectivity index (χ3n) is 5.11. The SMILES string of the molecule is O=C(c1ccccc1)c1cnc(-c2cccc(Oc3ccc4[nH]ccc4c3C=NO)c2)[nH]1. The monoisotopic (exact) mass is 422 g/mol. The minimum Gasteiger partial charge on any atom is -0.457 e. The van der Waals surface area contributed by atoms with Gasteiger partial charge in [-0.15, -0.1) is 0 Å². The smallest absolute Gasteiger partial charge is 0.210 e. The van der Waals surface area contributed by atoms with Crippen LogP contribution in [-0.4, -0.2) is 32.2 Å². The lowest BCUT2D eigenvalue weighted by Gasteiger charge is -2.10. The number of H-pyrrole nitrogens is 2. The predicted octanol–water partition coefficient (Wildman–Crippen LogP) is 5.39. The highest BCUT2D eigenvalue weighted by atomic mass is 16.5. The van der Waals surface area contributed by atoms with E-state index >= 15 is 0 Å². The molecule has 5 aromatic rings.